The molecule has 1 aliphatic carbocycles. The Morgan fingerprint density at radius 2 is 1.92 bits per heavy atom. The maximum absolute atomic E-state index is 6.05. The molecule has 0 aromatic rings. The van der Waals surface area contributed by atoms with Gasteiger partial charge in [0.2, 0.25) is 0 Å². The van der Waals surface area contributed by atoms with E-state index in [1.165, 1.54) is 44.9 Å². The van der Waals surface area contributed by atoms with Gasteiger partial charge in [-0.3, -0.25) is 0 Å². The molecule has 2 heteroatoms. The lowest BCUT2D eigenvalue weighted by Crippen LogP contribution is -2.44. The fourth-order valence-corrected chi connectivity index (χ4v) is 3.76. The first-order valence-electron chi connectivity index (χ1n) is 5.57. The van der Waals surface area contributed by atoms with Crippen LogP contribution in [0.2, 0.25) is 0 Å². The molecule has 0 aromatic heterocycles. The summed E-state index contributed by atoms with van der Waals surface area (Å²) in [6.07, 6.45) is 9.54. The molecule has 0 radical (unpaired) electrons. The third-order valence-corrected chi connectivity index (χ3v) is 4.66. The van der Waals surface area contributed by atoms with Crippen LogP contribution in [0.4, 0.5) is 0 Å². The lowest BCUT2D eigenvalue weighted by atomic mass is 9.82. The Labute approximate surface area is 89.4 Å². The van der Waals surface area contributed by atoms with Crippen LogP contribution in [0, 0.1) is 5.92 Å². The highest BCUT2D eigenvalue weighted by atomic mass is 79.9. The Morgan fingerprint density at radius 1 is 1.15 bits per heavy atom. The molecule has 1 unspecified atom stereocenters. The van der Waals surface area contributed by atoms with Crippen LogP contribution in [-0.2, 0) is 4.74 Å². The number of hydrogen-bond donors (Lipinski definition) is 0. The molecule has 76 valence electrons. The molecule has 0 bridgehead atoms. The monoisotopic (exact) mass is 246 g/mol. The summed E-state index contributed by atoms with van der Waals surface area (Å²) < 4.78 is 6.05. The molecule has 0 amide bonds. The number of halogens is 1. The van der Waals surface area contributed by atoms with Crippen LogP contribution in [0.5, 0.6) is 0 Å². The fraction of sp³-hybridized carbons (Fsp3) is 1.00. The van der Waals surface area contributed by atoms with E-state index in [2.05, 4.69) is 15.9 Å². The van der Waals surface area contributed by atoms with Crippen molar-refractivity contribution in [1.29, 1.82) is 0 Å². The van der Waals surface area contributed by atoms with E-state index in [1.54, 1.807) is 0 Å². The highest BCUT2D eigenvalue weighted by molar-refractivity contribution is 9.09. The zero-order valence-electron chi connectivity index (χ0n) is 8.23. The Hall–Kier alpha value is 0.440. The zero-order chi connectivity index (χ0) is 9.15. The number of ether oxygens (including phenoxy) is 1. The van der Waals surface area contributed by atoms with Gasteiger partial charge in [0.1, 0.15) is 0 Å². The summed E-state index contributed by atoms with van der Waals surface area (Å²) in [5, 5.41) is 1.05. The highest BCUT2D eigenvalue weighted by Gasteiger charge is 2.41. The molecule has 1 aliphatic heterocycles. The van der Waals surface area contributed by atoms with Crippen molar-refractivity contribution in [3.63, 3.8) is 0 Å². The van der Waals surface area contributed by atoms with Gasteiger partial charge in [0, 0.05) is 11.9 Å². The highest BCUT2D eigenvalue weighted by Crippen LogP contribution is 2.42. The van der Waals surface area contributed by atoms with E-state index >= 15 is 0 Å². The third kappa shape index (κ3) is 1.94. The molecule has 0 N–H and O–H groups in total. The molecule has 1 heterocycles. The zero-order valence-corrected chi connectivity index (χ0v) is 9.81. The average Bonchev–Trinajstić information content (AvgIpc) is 2.72. The Morgan fingerprint density at radius 3 is 2.46 bits per heavy atom. The predicted octanol–water partition coefficient (Wildman–Crippen LogP) is 3.51. The maximum Gasteiger partial charge on any atom is 0.0806 e. The summed E-state index contributed by atoms with van der Waals surface area (Å²) in [5.74, 6) is 0.840. The molecular weight excluding hydrogens is 228 g/mol. The van der Waals surface area contributed by atoms with Crippen LogP contribution in [0.15, 0.2) is 0 Å². The quantitative estimate of drug-likeness (QED) is 0.678. The van der Waals surface area contributed by atoms with Crippen molar-refractivity contribution in [1.82, 2.24) is 0 Å². The van der Waals surface area contributed by atoms with Crippen LogP contribution in [0.3, 0.4) is 0 Å². The van der Waals surface area contributed by atoms with E-state index in [-0.39, 0.29) is 5.60 Å². The smallest absolute Gasteiger partial charge is 0.0806 e. The second-order valence-electron chi connectivity index (χ2n) is 4.49. The minimum Gasteiger partial charge on any atom is -0.374 e. The summed E-state index contributed by atoms with van der Waals surface area (Å²) in [5.41, 5.74) is 0.217. The molecule has 2 fully saturated rings. The van der Waals surface area contributed by atoms with E-state index in [1.807, 2.05) is 0 Å². The number of alkyl halides is 1. The summed E-state index contributed by atoms with van der Waals surface area (Å²) in [6, 6.07) is 0. The van der Waals surface area contributed by atoms with Gasteiger partial charge in [-0.2, -0.15) is 0 Å². The van der Waals surface area contributed by atoms with E-state index < -0.39 is 0 Å². The molecule has 1 saturated heterocycles. The first-order chi connectivity index (χ1) is 6.37. The molecule has 2 aliphatic rings. The Bertz CT molecular complexity index is 157. The van der Waals surface area contributed by atoms with Gasteiger partial charge < -0.3 is 4.74 Å². The van der Waals surface area contributed by atoms with Gasteiger partial charge in [-0.1, -0.05) is 28.8 Å². The van der Waals surface area contributed by atoms with Gasteiger partial charge in [-0.15, -0.1) is 0 Å². The fourth-order valence-electron chi connectivity index (χ4n) is 2.86. The molecule has 1 atom stereocenters. The molecule has 1 saturated carbocycles. The first-order valence-corrected chi connectivity index (χ1v) is 6.69. The van der Waals surface area contributed by atoms with E-state index in [0.29, 0.717) is 0 Å². The molecule has 0 aromatic carbocycles. The molecule has 0 spiro atoms. The summed E-state index contributed by atoms with van der Waals surface area (Å²) in [4.78, 5) is 0. The lowest BCUT2D eigenvalue weighted by molar-refractivity contribution is -0.0972. The van der Waals surface area contributed by atoms with Gasteiger partial charge in [0.15, 0.2) is 0 Å². The van der Waals surface area contributed by atoms with Crippen molar-refractivity contribution >= 4 is 15.9 Å². The normalized spacial score (nSPS) is 36.7. The van der Waals surface area contributed by atoms with Crippen molar-refractivity contribution in [3.05, 3.63) is 0 Å². The van der Waals surface area contributed by atoms with Crippen molar-refractivity contribution < 1.29 is 4.74 Å². The molecule has 2 rings (SSSR count). The van der Waals surface area contributed by atoms with Crippen LogP contribution in [0.1, 0.15) is 44.9 Å². The number of rotatable bonds is 2. The minimum atomic E-state index is 0.217. The van der Waals surface area contributed by atoms with Gasteiger partial charge in [-0.05, 0) is 38.0 Å². The van der Waals surface area contributed by atoms with Crippen molar-refractivity contribution in [2.24, 2.45) is 5.92 Å². The van der Waals surface area contributed by atoms with Gasteiger partial charge >= 0.3 is 0 Å². The SMILES string of the molecule is BrCC1(C2CCCC2)CCCCO1. The van der Waals surface area contributed by atoms with Crippen LogP contribution in [-0.4, -0.2) is 17.5 Å². The van der Waals surface area contributed by atoms with Gasteiger partial charge in [0.25, 0.3) is 0 Å². The van der Waals surface area contributed by atoms with E-state index in [0.717, 1.165) is 17.9 Å². The summed E-state index contributed by atoms with van der Waals surface area (Å²) in [6.45, 7) is 0.988. The lowest BCUT2D eigenvalue weighted by Gasteiger charge is -2.41. The van der Waals surface area contributed by atoms with Crippen LogP contribution < -0.4 is 0 Å². The molecule has 1 nitrogen and oxygen atoms in total. The van der Waals surface area contributed by atoms with Crippen LogP contribution >= 0.6 is 15.9 Å². The van der Waals surface area contributed by atoms with Crippen molar-refractivity contribution in [3.8, 4) is 0 Å². The Kier molecular flexibility index (Phi) is 3.31. The Balaban J connectivity index is 2.03. The van der Waals surface area contributed by atoms with Gasteiger partial charge in [-0.25, -0.2) is 0 Å². The summed E-state index contributed by atoms with van der Waals surface area (Å²) in [7, 11) is 0. The second kappa shape index (κ2) is 4.31. The first kappa shape index (κ1) is 9.97. The van der Waals surface area contributed by atoms with Crippen molar-refractivity contribution in [2.75, 3.05) is 11.9 Å². The minimum absolute atomic E-state index is 0.217. The van der Waals surface area contributed by atoms with E-state index in [4.69, 9.17) is 4.74 Å². The van der Waals surface area contributed by atoms with E-state index in [9.17, 15) is 0 Å². The standard InChI is InChI=1S/C11H19BrO/c12-9-11(7-3-4-8-13-11)10-5-1-2-6-10/h10H,1-9H2. The topological polar surface area (TPSA) is 9.23 Å². The molecule has 13 heavy (non-hydrogen) atoms. The predicted molar refractivity (Wildman–Crippen MR) is 58.3 cm³/mol. The van der Waals surface area contributed by atoms with Crippen LogP contribution in [0.25, 0.3) is 0 Å². The maximum atomic E-state index is 6.05. The second-order valence-corrected chi connectivity index (χ2v) is 5.05. The summed E-state index contributed by atoms with van der Waals surface area (Å²) >= 11 is 3.65. The average molecular weight is 247 g/mol. The third-order valence-electron chi connectivity index (χ3n) is 3.71. The molecular formula is C11H19BrO. The van der Waals surface area contributed by atoms with Gasteiger partial charge in [0.05, 0.1) is 5.60 Å². The number of hydrogen-bond acceptors (Lipinski definition) is 1. The van der Waals surface area contributed by atoms with Crippen molar-refractivity contribution in [2.45, 2.75) is 50.5 Å². The largest absolute Gasteiger partial charge is 0.374 e.